The minimum absolute atomic E-state index is 0.265. The molecule has 3 heteroatoms. The maximum atomic E-state index is 9.64. The molecule has 0 aliphatic heterocycles. The van der Waals surface area contributed by atoms with Gasteiger partial charge in [-0.15, -0.1) is 0 Å². The van der Waals surface area contributed by atoms with Crippen molar-refractivity contribution < 1.29 is 5.11 Å². The lowest BCUT2D eigenvalue weighted by Gasteiger charge is -2.04. The van der Waals surface area contributed by atoms with Gasteiger partial charge in [-0.2, -0.15) is 0 Å². The van der Waals surface area contributed by atoms with Crippen LogP contribution in [0.25, 0.3) is 11.1 Å². The Hall–Kier alpha value is -1.35. The Balaban J connectivity index is 2.57. The topological polar surface area (TPSA) is 33.1 Å². The summed E-state index contributed by atoms with van der Waals surface area (Å²) < 4.78 is 0.939. The number of rotatable bonds is 1. The molecule has 0 atom stereocenters. The summed E-state index contributed by atoms with van der Waals surface area (Å²) in [6, 6.07) is 9.08. The minimum atomic E-state index is 0.265. The van der Waals surface area contributed by atoms with Crippen LogP contribution in [0.15, 0.2) is 47.2 Å². The van der Waals surface area contributed by atoms with Crippen molar-refractivity contribution in [3.63, 3.8) is 0 Å². The molecule has 0 saturated carbocycles. The summed E-state index contributed by atoms with van der Waals surface area (Å²) in [7, 11) is 0. The van der Waals surface area contributed by atoms with Crippen molar-refractivity contribution in [2.45, 2.75) is 0 Å². The summed E-state index contributed by atoms with van der Waals surface area (Å²) in [5, 5.41) is 9.64. The van der Waals surface area contributed by atoms with E-state index in [0.717, 1.165) is 15.6 Å². The van der Waals surface area contributed by atoms with Crippen LogP contribution in [0, 0.1) is 0 Å². The number of phenolic OH excluding ortho intramolecular Hbond substituents is 1. The molecular weight excluding hydrogens is 242 g/mol. The zero-order valence-corrected chi connectivity index (χ0v) is 8.90. The highest BCUT2D eigenvalue weighted by molar-refractivity contribution is 9.10. The second-order valence-corrected chi connectivity index (χ2v) is 3.82. The number of halogens is 1. The third-order valence-corrected chi connectivity index (χ3v) is 2.42. The molecule has 70 valence electrons. The van der Waals surface area contributed by atoms with Gasteiger partial charge in [0.2, 0.25) is 0 Å². The van der Waals surface area contributed by atoms with Crippen LogP contribution in [0.4, 0.5) is 0 Å². The lowest BCUT2D eigenvalue weighted by atomic mass is 10.1. The molecule has 2 rings (SSSR count). The van der Waals surface area contributed by atoms with Gasteiger partial charge in [-0.05, 0) is 24.3 Å². The number of phenols is 1. The fourth-order valence-corrected chi connectivity index (χ4v) is 1.62. The van der Waals surface area contributed by atoms with Crippen molar-refractivity contribution in [2.24, 2.45) is 0 Å². The molecule has 0 amide bonds. The van der Waals surface area contributed by atoms with Crippen LogP contribution in [0.2, 0.25) is 0 Å². The molecule has 0 bridgehead atoms. The highest BCUT2D eigenvalue weighted by Crippen LogP contribution is 2.30. The van der Waals surface area contributed by atoms with Crippen molar-refractivity contribution >= 4 is 15.9 Å². The summed E-state index contributed by atoms with van der Waals surface area (Å²) in [6.45, 7) is 0. The molecule has 0 aliphatic rings. The van der Waals surface area contributed by atoms with Crippen LogP contribution in [-0.4, -0.2) is 10.1 Å². The first-order chi connectivity index (χ1) is 6.77. The van der Waals surface area contributed by atoms with Gasteiger partial charge in [0, 0.05) is 28.0 Å². The number of aromatic hydroxyl groups is 1. The molecule has 2 nitrogen and oxygen atoms in total. The van der Waals surface area contributed by atoms with E-state index in [0.29, 0.717) is 0 Å². The summed E-state index contributed by atoms with van der Waals surface area (Å²) in [4.78, 5) is 4.01. The van der Waals surface area contributed by atoms with E-state index in [9.17, 15) is 5.11 Å². The van der Waals surface area contributed by atoms with Crippen molar-refractivity contribution in [2.75, 3.05) is 0 Å². The Morgan fingerprint density at radius 2 is 2.07 bits per heavy atom. The predicted molar refractivity (Wildman–Crippen MR) is 59.0 cm³/mol. The molecule has 0 radical (unpaired) electrons. The van der Waals surface area contributed by atoms with Crippen molar-refractivity contribution in [3.05, 3.63) is 47.2 Å². The Morgan fingerprint density at radius 3 is 2.79 bits per heavy atom. The number of hydrogen-bond donors (Lipinski definition) is 1. The smallest absolute Gasteiger partial charge is 0.123 e. The standard InChI is InChI=1S/C11H8BrNO/c12-9-3-4-11(14)10(6-9)8-2-1-5-13-7-8/h1-7,14H. The van der Waals surface area contributed by atoms with Gasteiger partial charge in [0.25, 0.3) is 0 Å². The maximum absolute atomic E-state index is 9.64. The fraction of sp³-hybridized carbons (Fsp3) is 0. The molecular formula is C11H8BrNO. The minimum Gasteiger partial charge on any atom is -0.507 e. The van der Waals surface area contributed by atoms with Gasteiger partial charge < -0.3 is 5.11 Å². The second-order valence-electron chi connectivity index (χ2n) is 2.90. The van der Waals surface area contributed by atoms with E-state index >= 15 is 0 Å². The average molecular weight is 250 g/mol. The first-order valence-corrected chi connectivity index (χ1v) is 4.95. The van der Waals surface area contributed by atoms with E-state index in [1.54, 1.807) is 24.5 Å². The van der Waals surface area contributed by atoms with Gasteiger partial charge in [0.05, 0.1) is 0 Å². The van der Waals surface area contributed by atoms with Crippen LogP contribution in [0.1, 0.15) is 0 Å². The molecule has 1 aromatic heterocycles. The third-order valence-electron chi connectivity index (χ3n) is 1.93. The molecule has 0 unspecified atom stereocenters. The van der Waals surface area contributed by atoms with Crippen LogP contribution in [-0.2, 0) is 0 Å². The molecule has 0 fully saturated rings. The zero-order valence-electron chi connectivity index (χ0n) is 7.31. The van der Waals surface area contributed by atoms with Crippen LogP contribution >= 0.6 is 15.9 Å². The largest absolute Gasteiger partial charge is 0.507 e. The summed E-state index contributed by atoms with van der Waals surface area (Å²) in [5.74, 6) is 0.265. The lowest BCUT2D eigenvalue weighted by molar-refractivity contribution is 0.477. The van der Waals surface area contributed by atoms with Crippen LogP contribution < -0.4 is 0 Å². The third kappa shape index (κ3) is 1.77. The van der Waals surface area contributed by atoms with Crippen molar-refractivity contribution in [3.8, 4) is 16.9 Å². The second kappa shape index (κ2) is 3.80. The van der Waals surface area contributed by atoms with Gasteiger partial charge in [-0.1, -0.05) is 22.0 Å². The van der Waals surface area contributed by atoms with Gasteiger partial charge in [0.1, 0.15) is 5.75 Å². The number of benzene rings is 1. The van der Waals surface area contributed by atoms with E-state index < -0.39 is 0 Å². The first kappa shape index (κ1) is 9.21. The SMILES string of the molecule is Oc1ccc(Br)cc1-c1cccnc1. The molecule has 0 spiro atoms. The van der Waals surface area contributed by atoms with Gasteiger partial charge in [0.15, 0.2) is 0 Å². The van der Waals surface area contributed by atoms with Gasteiger partial charge in [-0.25, -0.2) is 0 Å². The van der Waals surface area contributed by atoms with E-state index in [2.05, 4.69) is 20.9 Å². The van der Waals surface area contributed by atoms with E-state index in [-0.39, 0.29) is 5.75 Å². The van der Waals surface area contributed by atoms with Crippen molar-refractivity contribution in [1.82, 2.24) is 4.98 Å². The number of hydrogen-bond acceptors (Lipinski definition) is 2. The molecule has 0 aliphatic carbocycles. The van der Waals surface area contributed by atoms with Crippen molar-refractivity contribution in [1.29, 1.82) is 0 Å². The molecule has 14 heavy (non-hydrogen) atoms. The lowest BCUT2D eigenvalue weighted by Crippen LogP contribution is -1.80. The normalized spacial score (nSPS) is 10.1. The van der Waals surface area contributed by atoms with Gasteiger partial charge in [-0.3, -0.25) is 4.98 Å². The van der Waals surface area contributed by atoms with E-state index in [4.69, 9.17) is 0 Å². The Labute approximate surface area is 90.4 Å². The molecule has 0 saturated heterocycles. The Morgan fingerprint density at radius 1 is 1.21 bits per heavy atom. The quantitative estimate of drug-likeness (QED) is 0.842. The van der Waals surface area contributed by atoms with Crippen LogP contribution in [0.3, 0.4) is 0 Å². The monoisotopic (exact) mass is 249 g/mol. The van der Waals surface area contributed by atoms with Gasteiger partial charge >= 0.3 is 0 Å². The summed E-state index contributed by atoms with van der Waals surface area (Å²) in [5.41, 5.74) is 1.69. The molecule has 1 aromatic carbocycles. The van der Waals surface area contributed by atoms with Crippen LogP contribution in [0.5, 0.6) is 5.75 Å². The average Bonchev–Trinajstić information content (AvgIpc) is 2.23. The number of nitrogens with zero attached hydrogens (tertiary/aromatic N) is 1. The number of aromatic nitrogens is 1. The highest BCUT2D eigenvalue weighted by Gasteiger charge is 2.03. The maximum Gasteiger partial charge on any atom is 0.123 e. The first-order valence-electron chi connectivity index (χ1n) is 4.16. The Bertz CT molecular complexity index is 442. The highest BCUT2D eigenvalue weighted by atomic mass is 79.9. The molecule has 1 N–H and O–H groups in total. The van der Waals surface area contributed by atoms with E-state index in [1.807, 2.05) is 18.2 Å². The zero-order chi connectivity index (χ0) is 9.97. The van der Waals surface area contributed by atoms with E-state index in [1.165, 1.54) is 0 Å². The molecule has 2 aromatic rings. The number of pyridine rings is 1. The Kier molecular flexibility index (Phi) is 2.50. The molecule has 1 heterocycles. The summed E-state index contributed by atoms with van der Waals surface area (Å²) >= 11 is 3.36. The summed E-state index contributed by atoms with van der Waals surface area (Å²) in [6.07, 6.45) is 3.43. The fourth-order valence-electron chi connectivity index (χ4n) is 1.26. The predicted octanol–water partition coefficient (Wildman–Crippen LogP) is 3.22.